The summed E-state index contributed by atoms with van der Waals surface area (Å²) in [5, 5.41) is 10.3. The summed E-state index contributed by atoms with van der Waals surface area (Å²) in [7, 11) is 1.39. The largest absolute Gasteiger partial charge is 0.507 e. The van der Waals surface area contributed by atoms with E-state index in [1.54, 1.807) is 0 Å². The highest BCUT2D eigenvalue weighted by Crippen LogP contribution is 2.36. The summed E-state index contributed by atoms with van der Waals surface area (Å²) < 4.78 is 4.80. The maximum Gasteiger partial charge on any atom is 0.312 e. The van der Waals surface area contributed by atoms with E-state index in [2.05, 4.69) is 0 Å². The van der Waals surface area contributed by atoms with Crippen LogP contribution < -0.4 is 0 Å². The quantitative estimate of drug-likeness (QED) is 0.838. The molecule has 0 spiro atoms. The predicted molar refractivity (Wildman–Crippen MR) is 76.7 cm³/mol. The van der Waals surface area contributed by atoms with Crippen LogP contribution in [-0.4, -0.2) is 18.2 Å². The second-order valence-corrected chi connectivity index (χ2v) is 5.60. The fourth-order valence-electron chi connectivity index (χ4n) is 2.15. The first-order chi connectivity index (χ1) is 8.79. The van der Waals surface area contributed by atoms with Crippen LogP contribution in [0.25, 0.3) is 0 Å². The standard InChI is InChI=1S/C16H24O3/c1-9(2)13-7-12(11(5)16(18)19-6)8-14(10(3)4)15(13)17/h7-11,17H,1-6H3. The molecule has 1 N–H and O–H groups in total. The average Bonchev–Trinajstić information content (AvgIpc) is 2.36. The number of rotatable bonds is 4. The van der Waals surface area contributed by atoms with Crippen molar-refractivity contribution in [2.24, 2.45) is 0 Å². The molecule has 0 bridgehead atoms. The number of phenols is 1. The highest BCUT2D eigenvalue weighted by Gasteiger charge is 2.21. The van der Waals surface area contributed by atoms with Crippen molar-refractivity contribution < 1.29 is 14.6 Å². The fraction of sp³-hybridized carbons (Fsp3) is 0.562. The minimum Gasteiger partial charge on any atom is -0.507 e. The van der Waals surface area contributed by atoms with Crippen LogP contribution in [0.2, 0.25) is 0 Å². The number of carbonyl (C=O) groups excluding carboxylic acids is 1. The molecule has 0 radical (unpaired) electrons. The van der Waals surface area contributed by atoms with Crippen LogP contribution in [0.1, 0.15) is 69.1 Å². The van der Waals surface area contributed by atoms with Gasteiger partial charge in [-0.15, -0.1) is 0 Å². The van der Waals surface area contributed by atoms with Gasteiger partial charge in [-0.2, -0.15) is 0 Å². The molecule has 1 atom stereocenters. The van der Waals surface area contributed by atoms with Gasteiger partial charge < -0.3 is 9.84 Å². The second kappa shape index (κ2) is 6.09. The third-order valence-electron chi connectivity index (χ3n) is 3.49. The molecule has 0 aliphatic heterocycles. The van der Waals surface area contributed by atoms with Gasteiger partial charge in [0.25, 0.3) is 0 Å². The second-order valence-electron chi connectivity index (χ2n) is 5.60. The highest BCUT2D eigenvalue weighted by atomic mass is 16.5. The maximum atomic E-state index is 11.7. The van der Waals surface area contributed by atoms with E-state index in [0.717, 1.165) is 16.7 Å². The van der Waals surface area contributed by atoms with Gasteiger partial charge in [-0.05, 0) is 35.4 Å². The third kappa shape index (κ3) is 3.28. The number of phenolic OH excluding ortho intramolecular Hbond substituents is 1. The van der Waals surface area contributed by atoms with Gasteiger partial charge in [-0.1, -0.05) is 39.8 Å². The van der Waals surface area contributed by atoms with Crippen LogP contribution in [0.15, 0.2) is 12.1 Å². The summed E-state index contributed by atoms with van der Waals surface area (Å²) in [5.74, 6) is 0.200. The smallest absolute Gasteiger partial charge is 0.312 e. The highest BCUT2D eigenvalue weighted by molar-refractivity contribution is 5.78. The van der Waals surface area contributed by atoms with Crippen molar-refractivity contribution in [1.29, 1.82) is 0 Å². The van der Waals surface area contributed by atoms with Gasteiger partial charge in [-0.3, -0.25) is 4.79 Å². The Hall–Kier alpha value is -1.51. The summed E-state index contributed by atoms with van der Waals surface area (Å²) in [6.45, 7) is 9.96. The zero-order chi connectivity index (χ0) is 14.7. The van der Waals surface area contributed by atoms with Crippen LogP contribution in [-0.2, 0) is 9.53 Å². The minimum atomic E-state index is -0.319. The Labute approximate surface area is 115 Å². The number of aromatic hydroxyl groups is 1. The summed E-state index contributed by atoms with van der Waals surface area (Å²) in [6.07, 6.45) is 0. The molecular formula is C16H24O3. The molecule has 0 aliphatic rings. The Morgan fingerprint density at radius 3 is 1.79 bits per heavy atom. The molecule has 0 saturated carbocycles. The zero-order valence-electron chi connectivity index (χ0n) is 12.7. The Balaban J connectivity index is 3.38. The lowest BCUT2D eigenvalue weighted by Gasteiger charge is -2.19. The lowest BCUT2D eigenvalue weighted by atomic mass is 9.88. The summed E-state index contributed by atoms with van der Waals surface area (Å²) in [6, 6.07) is 3.82. The Morgan fingerprint density at radius 1 is 1.05 bits per heavy atom. The molecular weight excluding hydrogens is 240 g/mol. The van der Waals surface area contributed by atoms with E-state index in [0.29, 0.717) is 5.75 Å². The molecule has 0 saturated heterocycles. The van der Waals surface area contributed by atoms with Crippen molar-refractivity contribution >= 4 is 5.97 Å². The SMILES string of the molecule is COC(=O)C(C)c1cc(C(C)C)c(O)c(C(C)C)c1. The Morgan fingerprint density at radius 2 is 1.47 bits per heavy atom. The van der Waals surface area contributed by atoms with Gasteiger partial charge in [0.15, 0.2) is 0 Å². The summed E-state index contributed by atoms with van der Waals surface area (Å²) in [4.78, 5) is 11.7. The van der Waals surface area contributed by atoms with Crippen LogP contribution >= 0.6 is 0 Å². The first kappa shape index (κ1) is 15.5. The van der Waals surface area contributed by atoms with Gasteiger partial charge in [0.1, 0.15) is 5.75 Å². The number of ether oxygens (including phenoxy) is 1. The van der Waals surface area contributed by atoms with Crippen molar-refractivity contribution in [3.05, 3.63) is 28.8 Å². The minimum absolute atomic E-state index is 0.210. The average molecular weight is 264 g/mol. The van der Waals surface area contributed by atoms with Gasteiger partial charge >= 0.3 is 5.97 Å². The number of hydrogen-bond acceptors (Lipinski definition) is 3. The fourth-order valence-corrected chi connectivity index (χ4v) is 2.15. The zero-order valence-corrected chi connectivity index (χ0v) is 12.7. The molecule has 1 rings (SSSR count). The van der Waals surface area contributed by atoms with E-state index in [4.69, 9.17) is 4.74 Å². The maximum absolute atomic E-state index is 11.7. The lowest BCUT2D eigenvalue weighted by Crippen LogP contribution is -2.12. The molecule has 0 amide bonds. The van der Waals surface area contributed by atoms with E-state index in [1.165, 1.54) is 7.11 Å². The molecule has 3 nitrogen and oxygen atoms in total. The predicted octanol–water partition coefficient (Wildman–Crippen LogP) is 3.92. The van der Waals surface area contributed by atoms with Gasteiger partial charge in [0.05, 0.1) is 13.0 Å². The molecule has 19 heavy (non-hydrogen) atoms. The summed E-state index contributed by atoms with van der Waals surface area (Å²) in [5.41, 5.74) is 2.67. The molecule has 0 fully saturated rings. The molecule has 1 aromatic rings. The molecule has 3 heteroatoms. The first-order valence-electron chi connectivity index (χ1n) is 6.74. The molecule has 1 aromatic carbocycles. The van der Waals surface area contributed by atoms with Crippen molar-refractivity contribution in [1.82, 2.24) is 0 Å². The van der Waals surface area contributed by atoms with E-state index in [9.17, 15) is 9.90 Å². The monoisotopic (exact) mass is 264 g/mol. The number of carbonyl (C=O) groups is 1. The Kier molecular flexibility index (Phi) is 4.98. The number of esters is 1. The molecule has 0 aromatic heterocycles. The Bertz CT molecular complexity index is 432. The molecule has 1 unspecified atom stereocenters. The van der Waals surface area contributed by atoms with Gasteiger partial charge in [0, 0.05) is 0 Å². The van der Waals surface area contributed by atoms with Crippen LogP contribution in [0, 0.1) is 0 Å². The first-order valence-corrected chi connectivity index (χ1v) is 6.74. The van der Waals surface area contributed by atoms with E-state index in [1.807, 2.05) is 46.8 Å². The van der Waals surface area contributed by atoms with Gasteiger partial charge in [-0.25, -0.2) is 0 Å². The number of hydrogen-bond donors (Lipinski definition) is 1. The lowest BCUT2D eigenvalue weighted by molar-refractivity contribution is -0.141. The van der Waals surface area contributed by atoms with Crippen molar-refractivity contribution in [3.8, 4) is 5.75 Å². The normalized spacial score (nSPS) is 12.8. The number of benzene rings is 1. The summed E-state index contributed by atoms with van der Waals surface area (Å²) >= 11 is 0. The third-order valence-corrected chi connectivity index (χ3v) is 3.49. The van der Waals surface area contributed by atoms with Crippen molar-refractivity contribution in [2.75, 3.05) is 7.11 Å². The van der Waals surface area contributed by atoms with E-state index < -0.39 is 0 Å². The van der Waals surface area contributed by atoms with Crippen LogP contribution in [0.5, 0.6) is 5.75 Å². The number of methoxy groups -OCH3 is 1. The van der Waals surface area contributed by atoms with Gasteiger partial charge in [0.2, 0.25) is 0 Å². The van der Waals surface area contributed by atoms with Crippen molar-refractivity contribution in [2.45, 2.75) is 52.4 Å². The topological polar surface area (TPSA) is 46.5 Å². The van der Waals surface area contributed by atoms with E-state index in [-0.39, 0.29) is 23.7 Å². The van der Waals surface area contributed by atoms with E-state index >= 15 is 0 Å². The molecule has 106 valence electrons. The van der Waals surface area contributed by atoms with Crippen molar-refractivity contribution in [3.63, 3.8) is 0 Å². The molecule has 0 heterocycles. The van der Waals surface area contributed by atoms with Crippen LogP contribution in [0.4, 0.5) is 0 Å². The van der Waals surface area contributed by atoms with Crippen LogP contribution in [0.3, 0.4) is 0 Å². The molecule has 0 aliphatic carbocycles.